The van der Waals surface area contributed by atoms with Crippen molar-refractivity contribution in [2.24, 2.45) is 28.1 Å². The van der Waals surface area contributed by atoms with Gasteiger partial charge in [-0.1, -0.05) is 13.8 Å². The molecule has 31 heavy (non-hydrogen) atoms. The van der Waals surface area contributed by atoms with E-state index >= 15 is 0 Å². The molecule has 0 saturated carbocycles. The monoisotopic (exact) mass is 445 g/mol. The van der Waals surface area contributed by atoms with Crippen LogP contribution in [0.25, 0.3) is 0 Å². The molecule has 0 saturated heterocycles. The summed E-state index contributed by atoms with van der Waals surface area (Å²) >= 11 is 0. The summed E-state index contributed by atoms with van der Waals surface area (Å²) in [7, 11) is 0. The van der Waals surface area contributed by atoms with Gasteiger partial charge >= 0.3 is 11.9 Å². The number of carboxylic acid groups (broad SMARTS) is 2. The van der Waals surface area contributed by atoms with Gasteiger partial charge in [0.15, 0.2) is 5.96 Å². The summed E-state index contributed by atoms with van der Waals surface area (Å²) in [5, 5.41) is 25.2. The summed E-state index contributed by atoms with van der Waals surface area (Å²) < 4.78 is 0. The number of aliphatic imine (C=N–C) groups is 1. The van der Waals surface area contributed by atoms with E-state index in [-0.39, 0.29) is 31.9 Å². The Hall–Kier alpha value is -3.42. The summed E-state index contributed by atoms with van der Waals surface area (Å²) in [5.41, 5.74) is 15.6. The SMILES string of the molecule is CC(C)C(NC(=O)CN)C(=O)NC(CC(=O)O)C(=O)NC(CCCN=C(N)N)C(=O)O. The largest absolute Gasteiger partial charge is 0.481 e. The van der Waals surface area contributed by atoms with Gasteiger partial charge in [0.05, 0.1) is 13.0 Å². The normalized spacial score (nSPS) is 13.4. The molecule has 11 N–H and O–H groups in total. The summed E-state index contributed by atoms with van der Waals surface area (Å²) in [5.74, 6) is -5.73. The number of amides is 3. The van der Waals surface area contributed by atoms with E-state index in [2.05, 4.69) is 20.9 Å². The van der Waals surface area contributed by atoms with Crippen molar-refractivity contribution in [1.29, 1.82) is 0 Å². The third-order valence-electron chi connectivity index (χ3n) is 4.02. The minimum absolute atomic E-state index is 0.0350. The third kappa shape index (κ3) is 11.4. The van der Waals surface area contributed by atoms with E-state index in [9.17, 15) is 29.1 Å². The fourth-order valence-electron chi connectivity index (χ4n) is 2.45. The Morgan fingerprint density at radius 3 is 1.97 bits per heavy atom. The second-order valence-electron chi connectivity index (χ2n) is 7.00. The van der Waals surface area contributed by atoms with Crippen molar-refractivity contribution in [3.05, 3.63) is 0 Å². The smallest absolute Gasteiger partial charge is 0.326 e. The van der Waals surface area contributed by atoms with Crippen LogP contribution in [0.15, 0.2) is 4.99 Å². The Labute approximate surface area is 179 Å². The maximum absolute atomic E-state index is 12.5. The maximum Gasteiger partial charge on any atom is 0.326 e. The van der Waals surface area contributed by atoms with E-state index in [1.165, 1.54) is 0 Å². The Kier molecular flexibility index (Phi) is 12.2. The lowest BCUT2D eigenvalue weighted by atomic mass is 10.0. The van der Waals surface area contributed by atoms with Crippen LogP contribution in [0.2, 0.25) is 0 Å². The number of nitrogens with one attached hydrogen (secondary N) is 3. The van der Waals surface area contributed by atoms with Crippen LogP contribution in [0.5, 0.6) is 0 Å². The zero-order valence-electron chi connectivity index (χ0n) is 17.5. The molecule has 14 nitrogen and oxygen atoms in total. The molecule has 3 atom stereocenters. The number of nitrogens with zero attached hydrogens (tertiary/aromatic N) is 1. The highest BCUT2D eigenvalue weighted by molar-refractivity contribution is 5.95. The van der Waals surface area contributed by atoms with Crippen molar-refractivity contribution in [3.63, 3.8) is 0 Å². The van der Waals surface area contributed by atoms with E-state index in [4.69, 9.17) is 22.3 Å². The van der Waals surface area contributed by atoms with E-state index < -0.39 is 60.1 Å². The van der Waals surface area contributed by atoms with Gasteiger partial charge in [-0.2, -0.15) is 0 Å². The fourth-order valence-corrected chi connectivity index (χ4v) is 2.45. The van der Waals surface area contributed by atoms with Gasteiger partial charge in [-0.15, -0.1) is 0 Å². The van der Waals surface area contributed by atoms with Crippen LogP contribution in [-0.2, 0) is 24.0 Å². The van der Waals surface area contributed by atoms with Crippen molar-refractivity contribution >= 4 is 35.6 Å². The van der Waals surface area contributed by atoms with Gasteiger partial charge in [0.25, 0.3) is 0 Å². The average molecular weight is 445 g/mol. The molecule has 3 unspecified atom stereocenters. The van der Waals surface area contributed by atoms with Crippen LogP contribution in [-0.4, -0.2) is 77.0 Å². The van der Waals surface area contributed by atoms with Crippen LogP contribution >= 0.6 is 0 Å². The van der Waals surface area contributed by atoms with Crippen molar-refractivity contribution < 1.29 is 34.2 Å². The standard InChI is InChI=1S/C17H31N7O7/c1-8(2)13(24-11(25)7-18)15(29)23-10(6-12(26)27)14(28)22-9(16(30)31)4-3-5-21-17(19)20/h8-10,13H,3-7,18H2,1-2H3,(H,22,28)(H,23,29)(H,24,25)(H,26,27)(H,30,31)(H4,19,20,21). The third-order valence-corrected chi connectivity index (χ3v) is 4.02. The quantitative estimate of drug-likeness (QED) is 0.0749. The molecule has 0 fully saturated rings. The molecule has 0 aromatic rings. The number of hydrogen-bond acceptors (Lipinski definition) is 7. The molecule has 0 aromatic carbocycles. The molecule has 0 aliphatic rings. The van der Waals surface area contributed by atoms with Gasteiger partial charge in [-0.25, -0.2) is 4.79 Å². The minimum atomic E-state index is -1.57. The van der Waals surface area contributed by atoms with E-state index in [1.54, 1.807) is 13.8 Å². The number of carbonyl (C=O) groups is 5. The molecule has 0 radical (unpaired) electrons. The number of nitrogens with two attached hydrogens (primary N) is 3. The van der Waals surface area contributed by atoms with Crippen LogP contribution in [0.3, 0.4) is 0 Å². The Bertz CT molecular complexity index is 692. The lowest BCUT2D eigenvalue weighted by Gasteiger charge is -2.25. The van der Waals surface area contributed by atoms with E-state index in [1.807, 2.05) is 0 Å². The van der Waals surface area contributed by atoms with Gasteiger partial charge in [0, 0.05) is 6.54 Å². The highest BCUT2D eigenvalue weighted by Gasteiger charge is 2.31. The molecule has 0 aromatic heterocycles. The number of guanidine groups is 1. The maximum atomic E-state index is 12.5. The highest BCUT2D eigenvalue weighted by Crippen LogP contribution is 2.05. The molecular weight excluding hydrogens is 414 g/mol. The van der Waals surface area contributed by atoms with Crippen LogP contribution in [0, 0.1) is 5.92 Å². The van der Waals surface area contributed by atoms with E-state index in [0.717, 1.165) is 0 Å². The summed E-state index contributed by atoms with van der Waals surface area (Å²) in [4.78, 5) is 62.9. The molecule has 0 rings (SSSR count). The first-order valence-corrected chi connectivity index (χ1v) is 9.49. The lowest BCUT2D eigenvalue weighted by molar-refractivity contribution is -0.143. The van der Waals surface area contributed by atoms with E-state index in [0.29, 0.717) is 0 Å². The zero-order chi connectivity index (χ0) is 24.1. The second kappa shape index (κ2) is 13.7. The highest BCUT2D eigenvalue weighted by atomic mass is 16.4. The number of rotatable bonds is 14. The fraction of sp³-hybridized carbons (Fsp3) is 0.647. The molecule has 3 amide bonds. The van der Waals surface area contributed by atoms with Crippen molar-refractivity contribution in [1.82, 2.24) is 16.0 Å². The van der Waals surface area contributed by atoms with Gasteiger partial charge in [0.1, 0.15) is 18.1 Å². The van der Waals surface area contributed by atoms with Gasteiger partial charge in [0.2, 0.25) is 17.7 Å². The zero-order valence-corrected chi connectivity index (χ0v) is 17.5. The Morgan fingerprint density at radius 2 is 1.52 bits per heavy atom. The molecule has 0 aliphatic heterocycles. The minimum Gasteiger partial charge on any atom is -0.481 e. The number of aliphatic carboxylic acids is 2. The first kappa shape index (κ1) is 27.6. The van der Waals surface area contributed by atoms with Crippen molar-refractivity contribution in [2.75, 3.05) is 13.1 Å². The molecule has 0 heterocycles. The topological polar surface area (TPSA) is 252 Å². The Morgan fingerprint density at radius 1 is 0.935 bits per heavy atom. The number of carboxylic acids is 2. The predicted molar refractivity (Wildman–Crippen MR) is 109 cm³/mol. The summed E-state index contributed by atoms with van der Waals surface area (Å²) in [6, 6.07) is -4.00. The molecular formula is C17H31N7O7. The average Bonchev–Trinajstić information content (AvgIpc) is 2.66. The molecule has 14 heteroatoms. The summed E-state index contributed by atoms with van der Waals surface area (Å²) in [6.45, 7) is 3.03. The summed E-state index contributed by atoms with van der Waals surface area (Å²) in [6.07, 6.45) is -0.605. The van der Waals surface area contributed by atoms with Crippen molar-refractivity contribution in [3.8, 4) is 0 Å². The number of hydrogen-bond donors (Lipinski definition) is 8. The predicted octanol–water partition coefficient (Wildman–Crippen LogP) is -3.33. The number of carbonyl (C=O) groups excluding carboxylic acids is 3. The second-order valence-corrected chi connectivity index (χ2v) is 7.00. The van der Waals surface area contributed by atoms with Crippen molar-refractivity contribution in [2.45, 2.75) is 51.2 Å². The first-order chi connectivity index (χ1) is 14.4. The van der Waals surface area contributed by atoms with Crippen LogP contribution in [0.4, 0.5) is 0 Å². The lowest BCUT2D eigenvalue weighted by Crippen LogP contribution is -2.57. The molecule has 0 aliphatic carbocycles. The van der Waals surface area contributed by atoms with Gasteiger partial charge < -0.3 is 43.4 Å². The van der Waals surface area contributed by atoms with Gasteiger partial charge in [-0.3, -0.25) is 24.2 Å². The molecule has 0 spiro atoms. The van der Waals surface area contributed by atoms with Gasteiger partial charge in [-0.05, 0) is 18.8 Å². The Balaban J connectivity index is 5.28. The van der Waals surface area contributed by atoms with Crippen LogP contribution in [0.1, 0.15) is 33.1 Å². The molecule has 176 valence electrons. The van der Waals surface area contributed by atoms with Crippen LogP contribution < -0.4 is 33.2 Å². The first-order valence-electron chi connectivity index (χ1n) is 9.49. The molecule has 0 bridgehead atoms.